The average molecular weight is 214 g/mol. The van der Waals surface area contributed by atoms with Crippen LogP contribution < -0.4 is 0 Å². The summed E-state index contributed by atoms with van der Waals surface area (Å²) in [5.41, 5.74) is 0. The molecule has 0 aliphatic heterocycles. The molecule has 0 aromatic heterocycles. The van der Waals surface area contributed by atoms with E-state index in [1.807, 2.05) is 0 Å². The Bertz CT molecular complexity index is 157. The van der Waals surface area contributed by atoms with Crippen LogP contribution in [-0.4, -0.2) is 25.9 Å². The lowest BCUT2D eigenvalue weighted by Gasteiger charge is -2.31. The van der Waals surface area contributed by atoms with E-state index in [0.29, 0.717) is 17.9 Å². The molecule has 2 heteroatoms. The molecule has 1 aliphatic rings. The fraction of sp³-hybridized carbons (Fsp3) is 1.00. The summed E-state index contributed by atoms with van der Waals surface area (Å²) in [5, 5.41) is 0. The van der Waals surface area contributed by atoms with Gasteiger partial charge in [0.2, 0.25) is 0 Å². The lowest BCUT2D eigenvalue weighted by Crippen LogP contribution is -2.32. The molecule has 0 saturated heterocycles. The molecule has 15 heavy (non-hydrogen) atoms. The highest BCUT2D eigenvalue weighted by Crippen LogP contribution is 2.27. The summed E-state index contributed by atoms with van der Waals surface area (Å²) in [4.78, 5) is 0. The third-order valence-electron chi connectivity index (χ3n) is 3.02. The Kier molecular flexibility index (Phi) is 6.26. The van der Waals surface area contributed by atoms with Gasteiger partial charge in [-0.2, -0.15) is 0 Å². The van der Waals surface area contributed by atoms with Crippen molar-refractivity contribution in [2.45, 2.75) is 52.6 Å². The van der Waals surface area contributed by atoms with Gasteiger partial charge >= 0.3 is 0 Å². The van der Waals surface area contributed by atoms with Gasteiger partial charge in [0.05, 0.1) is 12.7 Å². The minimum atomic E-state index is 0.452. The SMILES string of the molecule is CCOCC1CCCCC1OCC(C)C. The van der Waals surface area contributed by atoms with E-state index in [4.69, 9.17) is 9.47 Å². The highest BCUT2D eigenvalue weighted by molar-refractivity contribution is 4.76. The molecule has 0 aromatic carbocycles. The number of ether oxygens (including phenoxy) is 2. The van der Waals surface area contributed by atoms with Crippen LogP contribution in [0.4, 0.5) is 0 Å². The molecule has 2 atom stereocenters. The van der Waals surface area contributed by atoms with Crippen LogP contribution in [0.2, 0.25) is 0 Å². The minimum absolute atomic E-state index is 0.452. The van der Waals surface area contributed by atoms with E-state index in [0.717, 1.165) is 19.8 Å². The van der Waals surface area contributed by atoms with E-state index >= 15 is 0 Å². The summed E-state index contributed by atoms with van der Waals surface area (Å²) in [5.74, 6) is 1.28. The standard InChI is InChI=1S/C13H26O2/c1-4-14-10-12-7-5-6-8-13(12)15-9-11(2)3/h11-13H,4-10H2,1-3H3. The van der Waals surface area contributed by atoms with Gasteiger partial charge < -0.3 is 9.47 Å². The first-order chi connectivity index (χ1) is 7.24. The molecular weight excluding hydrogens is 188 g/mol. The Morgan fingerprint density at radius 2 is 1.93 bits per heavy atom. The fourth-order valence-corrected chi connectivity index (χ4v) is 2.17. The zero-order valence-electron chi connectivity index (χ0n) is 10.5. The van der Waals surface area contributed by atoms with E-state index in [-0.39, 0.29) is 0 Å². The van der Waals surface area contributed by atoms with Crippen LogP contribution in [0.15, 0.2) is 0 Å². The van der Waals surface area contributed by atoms with Crippen LogP contribution in [0.5, 0.6) is 0 Å². The van der Waals surface area contributed by atoms with Crippen LogP contribution in [0, 0.1) is 11.8 Å². The topological polar surface area (TPSA) is 18.5 Å². The van der Waals surface area contributed by atoms with E-state index < -0.39 is 0 Å². The van der Waals surface area contributed by atoms with Gasteiger partial charge in [0.1, 0.15) is 0 Å². The molecule has 0 N–H and O–H groups in total. The van der Waals surface area contributed by atoms with Crippen molar-refractivity contribution in [2.24, 2.45) is 11.8 Å². The van der Waals surface area contributed by atoms with Crippen molar-refractivity contribution in [3.05, 3.63) is 0 Å². The van der Waals surface area contributed by atoms with Crippen LogP contribution >= 0.6 is 0 Å². The summed E-state index contributed by atoms with van der Waals surface area (Å²) >= 11 is 0. The van der Waals surface area contributed by atoms with Crippen LogP contribution in [0.25, 0.3) is 0 Å². The maximum atomic E-state index is 5.97. The number of hydrogen-bond donors (Lipinski definition) is 0. The number of rotatable bonds is 6. The van der Waals surface area contributed by atoms with Crippen molar-refractivity contribution < 1.29 is 9.47 Å². The van der Waals surface area contributed by atoms with Gasteiger partial charge in [-0.05, 0) is 25.7 Å². The molecule has 1 fully saturated rings. The molecule has 2 unspecified atom stereocenters. The summed E-state index contributed by atoms with van der Waals surface area (Å²) in [6.45, 7) is 9.09. The van der Waals surface area contributed by atoms with Gasteiger partial charge in [0.15, 0.2) is 0 Å². The second-order valence-corrected chi connectivity index (χ2v) is 4.97. The van der Waals surface area contributed by atoms with Gasteiger partial charge in [-0.3, -0.25) is 0 Å². The third-order valence-corrected chi connectivity index (χ3v) is 3.02. The molecule has 0 heterocycles. The van der Waals surface area contributed by atoms with Crippen molar-refractivity contribution in [3.63, 3.8) is 0 Å². The molecule has 1 saturated carbocycles. The van der Waals surface area contributed by atoms with Crippen molar-refractivity contribution in [1.29, 1.82) is 0 Å². The predicted octanol–water partition coefficient (Wildman–Crippen LogP) is 3.25. The highest BCUT2D eigenvalue weighted by Gasteiger charge is 2.25. The van der Waals surface area contributed by atoms with Gasteiger partial charge in [-0.1, -0.05) is 26.7 Å². The lowest BCUT2D eigenvalue weighted by atomic mass is 9.87. The summed E-state index contributed by atoms with van der Waals surface area (Å²) in [6, 6.07) is 0. The van der Waals surface area contributed by atoms with Gasteiger partial charge in [0.25, 0.3) is 0 Å². The van der Waals surface area contributed by atoms with Crippen LogP contribution in [0.1, 0.15) is 46.5 Å². The smallest absolute Gasteiger partial charge is 0.0625 e. The molecule has 0 radical (unpaired) electrons. The van der Waals surface area contributed by atoms with Crippen LogP contribution in [-0.2, 0) is 9.47 Å². The number of hydrogen-bond acceptors (Lipinski definition) is 2. The van der Waals surface area contributed by atoms with Crippen LogP contribution in [0.3, 0.4) is 0 Å². The predicted molar refractivity (Wildman–Crippen MR) is 63.0 cm³/mol. The first kappa shape index (κ1) is 13.0. The lowest BCUT2D eigenvalue weighted by molar-refractivity contribution is -0.0494. The maximum Gasteiger partial charge on any atom is 0.0625 e. The molecule has 2 nitrogen and oxygen atoms in total. The normalized spacial score (nSPS) is 27.2. The molecule has 0 bridgehead atoms. The maximum absolute atomic E-state index is 5.97. The fourth-order valence-electron chi connectivity index (χ4n) is 2.17. The highest BCUT2D eigenvalue weighted by atomic mass is 16.5. The van der Waals surface area contributed by atoms with Gasteiger partial charge in [0, 0.05) is 19.1 Å². The molecule has 1 rings (SSSR count). The Morgan fingerprint density at radius 1 is 1.20 bits per heavy atom. The van der Waals surface area contributed by atoms with Gasteiger partial charge in [-0.15, -0.1) is 0 Å². The average Bonchev–Trinajstić information content (AvgIpc) is 2.24. The minimum Gasteiger partial charge on any atom is -0.381 e. The zero-order valence-corrected chi connectivity index (χ0v) is 10.5. The molecule has 0 spiro atoms. The molecule has 0 amide bonds. The van der Waals surface area contributed by atoms with Crippen molar-refractivity contribution in [1.82, 2.24) is 0 Å². The summed E-state index contributed by atoms with van der Waals surface area (Å²) in [6.07, 6.45) is 5.63. The second-order valence-electron chi connectivity index (χ2n) is 4.97. The Morgan fingerprint density at radius 3 is 2.60 bits per heavy atom. The van der Waals surface area contributed by atoms with Crippen molar-refractivity contribution in [3.8, 4) is 0 Å². The molecular formula is C13H26O2. The quantitative estimate of drug-likeness (QED) is 0.675. The van der Waals surface area contributed by atoms with E-state index in [2.05, 4.69) is 20.8 Å². The molecule has 90 valence electrons. The molecule has 0 aromatic rings. The zero-order chi connectivity index (χ0) is 11.1. The Hall–Kier alpha value is -0.0800. The first-order valence-corrected chi connectivity index (χ1v) is 6.43. The van der Waals surface area contributed by atoms with E-state index in [1.54, 1.807) is 0 Å². The Balaban J connectivity index is 2.29. The Labute approximate surface area is 94.3 Å². The first-order valence-electron chi connectivity index (χ1n) is 6.43. The van der Waals surface area contributed by atoms with E-state index in [9.17, 15) is 0 Å². The largest absolute Gasteiger partial charge is 0.381 e. The monoisotopic (exact) mass is 214 g/mol. The summed E-state index contributed by atoms with van der Waals surface area (Å²) < 4.78 is 11.5. The second kappa shape index (κ2) is 7.24. The third kappa shape index (κ3) is 4.98. The van der Waals surface area contributed by atoms with Crippen molar-refractivity contribution >= 4 is 0 Å². The van der Waals surface area contributed by atoms with E-state index in [1.165, 1.54) is 25.7 Å². The summed E-state index contributed by atoms with van der Waals surface area (Å²) in [7, 11) is 0. The van der Waals surface area contributed by atoms with Crippen molar-refractivity contribution in [2.75, 3.05) is 19.8 Å². The van der Waals surface area contributed by atoms with Gasteiger partial charge in [-0.25, -0.2) is 0 Å². The molecule has 1 aliphatic carbocycles.